The average molecular weight is 347 g/mol. The molecule has 0 saturated heterocycles. The maximum Gasteiger partial charge on any atom is 0.251 e. The molecule has 1 aliphatic carbocycles. The van der Waals surface area contributed by atoms with Crippen LogP contribution in [0.1, 0.15) is 35.7 Å². The Morgan fingerprint density at radius 1 is 1.08 bits per heavy atom. The Hall–Kier alpha value is -2.95. The number of nitrogens with one attached hydrogen (secondary N) is 1. The molecule has 3 aromatic rings. The lowest BCUT2D eigenvalue weighted by molar-refractivity contribution is 0.0936. The highest BCUT2D eigenvalue weighted by Crippen LogP contribution is 2.32. The average Bonchev–Trinajstić information content (AvgIpc) is 3.40. The quantitative estimate of drug-likeness (QED) is 0.749. The van der Waals surface area contributed by atoms with Crippen molar-refractivity contribution in [1.29, 1.82) is 0 Å². The number of amides is 1. The highest BCUT2D eigenvalue weighted by Gasteiger charge is 2.29. The molecular weight excluding hydrogens is 326 g/mol. The van der Waals surface area contributed by atoms with Gasteiger partial charge in [-0.25, -0.2) is 0 Å². The summed E-state index contributed by atoms with van der Waals surface area (Å²) in [7, 11) is 0. The summed E-state index contributed by atoms with van der Waals surface area (Å²) in [6.45, 7) is 4.07. The van der Waals surface area contributed by atoms with E-state index >= 15 is 0 Å². The molecule has 2 aromatic carbocycles. The van der Waals surface area contributed by atoms with Crippen LogP contribution in [0, 0.1) is 12.8 Å². The molecule has 0 spiro atoms. The molecule has 1 aromatic heterocycles. The molecule has 1 aliphatic rings. The molecule has 1 amide bonds. The van der Waals surface area contributed by atoms with Crippen molar-refractivity contribution in [3.63, 3.8) is 0 Å². The van der Waals surface area contributed by atoms with Gasteiger partial charge in [0, 0.05) is 22.7 Å². The first-order valence-corrected chi connectivity index (χ1v) is 8.92. The fourth-order valence-corrected chi connectivity index (χ4v) is 3.03. The van der Waals surface area contributed by atoms with E-state index in [-0.39, 0.29) is 11.9 Å². The van der Waals surface area contributed by atoms with E-state index in [9.17, 15) is 4.79 Å². The Balaban J connectivity index is 1.50. The number of carbonyl (C=O) groups is 1. The van der Waals surface area contributed by atoms with Crippen molar-refractivity contribution in [2.75, 3.05) is 0 Å². The van der Waals surface area contributed by atoms with Gasteiger partial charge in [-0.05, 0) is 68.5 Å². The zero-order chi connectivity index (χ0) is 18.1. The van der Waals surface area contributed by atoms with Crippen molar-refractivity contribution in [2.45, 2.75) is 32.7 Å². The second kappa shape index (κ2) is 6.75. The van der Waals surface area contributed by atoms with Crippen molar-refractivity contribution in [2.24, 2.45) is 5.92 Å². The number of aryl methyl sites for hydroxylation is 1. The Kier molecular flexibility index (Phi) is 4.29. The Morgan fingerprint density at radius 3 is 2.46 bits per heavy atom. The first kappa shape index (κ1) is 16.5. The number of benzene rings is 2. The molecule has 1 saturated carbocycles. The molecule has 1 atom stereocenters. The van der Waals surface area contributed by atoms with Crippen molar-refractivity contribution in [3.8, 4) is 22.9 Å². The lowest BCUT2D eigenvalue weighted by atomic mass is 10.1. The van der Waals surface area contributed by atoms with E-state index in [0.717, 1.165) is 16.7 Å². The van der Waals surface area contributed by atoms with Gasteiger partial charge >= 0.3 is 0 Å². The van der Waals surface area contributed by atoms with Gasteiger partial charge in [-0.3, -0.25) is 4.79 Å². The largest absolute Gasteiger partial charge is 0.416 e. The van der Waals surface area contributed by atoms with Crippen LogP contribution in [0.15, 0.2) is 52.9 Å². The number of aromatic nitrogens is 2. The van der Waals surface area contributed by atoms with Crippen LogP contribution in [0.3, 0.4) is 0 Å². The van der Waals surface area contributed by atoms with Crippen molar-refractivity contribution in [3.05, 3.63) is 59.7 Å². The fraction of sp³-hybridized carbons (Fsp3) is 0.286. The fourth-order valence-electron chi connectivity index (χ4n) is 3.03. The maximum absolute atomic E-state index is 12.3. The summed E-state index contributed by atoms with van der Waals surface area (Å²) in [5, 5.41) is 11.4. The summed E-state index contributed by atoms with van der Waals surface area (Å²) >= 11 is 0. The second-order valence-electron chi connectivity index (χ2n) is 6.90. The Bertz CT molecular complexity index is 926. The third-order valence-corrected chi connectivity index (χ3v) is 4.88. The maximum atomic E-state index is 12.3. The zero-order valence-electron chi connectivity index (χ0n) is 14.9. The van der Waals surface area contributed by atoms with Crippen LogP contribution in [0.2, 0.25) is 0 Å². The zero-order valence-corrected chi connectivity index (χ0v) is 14.9. The molecule has 0 aliphatic heterocycles. The van der Waals surface area contributed by atoms with Gasteiger partial charge in [0.05, 0.1) is 0 Å². The number of hydrogen-bond donors (Lipinski definition) is 1. The number of hydrogen-bond acceptors (Lipinski definition) is 4. The lowest BCUT2D eigenvalue weighted by Gasteiger charge is -2.12. The molecule has 0 unspecified atom stereocenters. The number of rotatable bonds is 5. The number of nitrogens with zero attached hydrogens (tertiary/aromatic N) is 2. The third-order valence-electron chi connectivity index (χ3n) is 4.88. The predicted octanol–water partition coefficient (Wildman–Crippen LogP) is 4.24. The standard InChI is InChI=1S/C21H21N3O2/c1-13-5-3-4-6-18(13)21-24-23-20(26-21)17-11-9-16(10-12-17)19(25)22-14(2)15-7-8-15/h3-6,9-12,14-15H,7-8H2,1-2H3,(H,22,25)/t14-/m1/s1. The molecule has 1 N–H and O–H groups in total. The SMILES string of the molecule is Cc1ccccc1-c1nnc(-c2ccc(C(=O)N[C@H](C)C3CC3)cc2)o1. The number of carbonyl (C=O) groups excluding carboxylic acids is 1. The Labute approximate surface area is 152 Å². The van der Waals surface area contributed by atoms with E-state index in [0.29, 0.717) is 23.3 Å². The summed E-state index contributed by atoms with van der Waals surface area (Å²) < 4.78 is 5.82. The van der Waals surface area contributed by atoms with E-state index in [1.807, 2.05) is 43.3 Å². The van der Waals surface area contributed by atoms with Gasteiger partial charge in [-0.1, -0.05) is 18.2 Å². The van der Waals surface area contributed by atoms with E-state index in [1.54, 1.807) is 12.1 Å². The molecule has 132 valence electrons. The molecular formula is C21H21N3O2. The van der Waals surface area contributed by atoms with Gasteiger partial charge in [-0.2, -0.15) is 0 Å². The minimum Gasteiger partial charge on any atom is -0.416 e. The minimum atomic E-state index is -0.0397. The van der Waals surface area contributed by atoms with Gasteiger partial charge in [0.15, 0.2) is 0 Å². The second-order valence-corrected chi connectivity index (χ2v) is 6.90. The van der Waals surface area contributed by atoms with Crippen molar-refractivity contribution < 1.29 is 9.21 Å². The van der Waals surface area contributed by atoms with Crippen LogP contribution >= 0.6 is 0 Å². The highest BCUT2D eigenvalue weighted by atomic mass is 16.4. The lowest BCUT2D eigenvalue weighted by Crippen LogP contribution is -2.33. The molecule has 1 heterocycles. The summed E-state index contributed by atoms with van der Waals surface area (Å²) in [5.41, 5.74) is 3.44. The minimum absolute atomic E-state index is 0.0397. The summed E-state index contributed by atoms with van der Waals surface area (Å²) in [6.07, 6.45) is 2.42. The molecule has 4 rings (SSSR count). The Morgan fingerprint density at radius 2 is 1.77 bits per heavy atom. The topological polar surface area (TPSA) is 68.0 Å². The van der Waals surface area contributed by atoms with Crippen LogP contribution in [0.25, 0.3) is 22.9 Å². The van der Waals surface area contributed by atoms with Crippen LogP contribution in [-0.2, 0) is 0 Å². The van der Waals surface area contributed by atoms with Gasteiger partial charge in [0.2, 0.25) is 11.8 Å². The van der Waals surface area contributed by atoms with Gasteiger partial charge in [-0.15, -0.1) is 10.2 Å². The first-order chi connectivity index (χ1) is 12.6. The van der Waals surface area contributed by atoms with Crippen LogP contribution < -0.4 is 5.32 Å². The predicted molar refractivity (Wildman–Crippen MR) is 99.6 cm³/mol. The van der Waals surface area contributed by atoms with Crippen molar-refractivity contribution in [1.82, 2.24) is 15.5 Å². The summed E-state index contributed by atoms with van der Waals surface area (Å²) in [4.78, 5) is 12.3. The van der Waals surface area contributed by atoms with Gasteiger partial charge in [0.1, 0.15) is 0 Å². The van der Waals surface area contributed by atoms with Crippen LogP contribution in [0.5, 0.6) is 0 Å². The van der Waals surface area contributed by atoms with Gasteiger partial charge < -0.3 is 9.73 Å². The van der Waals surface area contributed by atoms with Crippen LogP contribution in [-0.4, -0.2) is 22.1 Å². The van der Waals surface area contributed by atoms with E-state index in [4.69, 9.17) is 4.42 Å². The third kappa shape index (κ3) is 3.38. The highest BCUT2D eigenvalue weighted by molar-refractivity contribution is 5.94. The first-order valence-electron chi connectivity index (χ1n) is 8.92. The van der Waals surface area contributed by atoms with E-state index in [2.05, 4.69) is 22.4 Å². The molecule has 5 nitrogen and oxygen atoms in total. The molecule has 0 radical (unpaired) electrons. The molecule has 0 bridgehead atoms. The summed E-state index contributed by atoms with van der Waals surface area (Å²) in [5.74, 6) is 1.54. The normalized spacial score (nSPS) is 14.8. The monoisotopic (exact) mass is 347 g/mol. The summed E-state index contributed by atoms with van der Waals surface area (Å²) in [6, 6.07) is 15.4. The van der Waals surface area contributed by atoms with Gasteiger partial charge in [0.25, 0.3) is 5.91 Å². The molecule has 26 heavy (non-hydrogen) atoms. The smallest absolute Gasteiger partial charge is 0.251 e. The molecule has 1 fully saturated rings. The van der Waals surface area contributed by atoms with E-state index < -0.39 is 0 Å². The molecule has 5 heteroatoms. The van der Waals surface area contributed by atoms with Crippen molar-refractivity contribution >= 4 is 5.91 Å². The van der Waals surface area contributed by atoms with Crippen LogP contribution in [0.4, 0.5) is 0 Å². The van der Waals surface area contributed by atoms with E-state index in [1.165, 1.54) is 12.8 Å².